The summed E-state index contributed by atoms with van der Waals surface area (Å²) >= 11 is 1.16. The Hall–Kier alpha value is -2.39. The number of methoxy groups -OCH3 is 1. The number of ether oxygens (including phenoxy) is 1. The molecule has 7 nitrogen and oxygen atoms in total. The maximum atomic E-state index is 15.2. The van der Waals surface area contributed by atoms with E-state index in [1.807, 2.05) is 16.5 Å². The maximum Gasteiger partial charge on any atom is 0.271 e. The van der Waals surface area contributed by atoms with Crippen LogP contribution in [0.15, 0.2) is 15.7 Å². The topological polar surface area (TPSA) is 79.4 Å². The summed E-state index contributed by atoms with van der Waals surface area (Å²) in [6.45, 7) is 1.38. The number of benzene rings is 1. The number of aromatic nitrogens is 2. The molecule has 5 rings (SSSR count). The minimum atomic E-state index is -0.494. The van der Waals surface area contributed by atoms with E-state index in [4.69, 9.17) is 4.74 Å². The van der Waals surface area contributed by atoms with Gasteiger partial charge >= 0.3 is 0 Å². The van der Waals surface area contributed by atoms with E-state index in [9.17, 15) is 9.59 Å². The molecule has 2 aliphatic rings. The number of hydrogen-bond acceptors (Lipinski definition) is 6. The number of anilines is 1. The van der Waals surface area contributed by atoms with Crippen molar-refractivity contribution in [2.24, 2.45) is 0 Å². The van der Waals surface area contributed by atoms with E-state index < -0.39 is 16.8 Å². The smallest absolute Gasteiger partial charge is 0.271 e. The average Bonchev–Trinajstić information content (AvgIpc) is 3.28. The molecule has 0 amide bonds. The van der Waals surface area contributed by atoms with E-state index in [2.05, 4.69) is 9.69 Å². The Bertz CT molecular complexity index is 1210. The number of H-pyrrole nitrogens is 1. The molecule has 1 saturated heterocycles. The lowest BCUT2D eigenvalue weighted by atomic mass is 10.1. The van der Waals surface area contributed by atoms with Gasteiger partial charge in [-0.05, 0) is 43.9 Å². The van der Waals surface area contributed by atoms with Crippen LogP contribution in [0.5, 0.6) is 5.75 Å². The zero-order chi connectivity index (χ0) is 19.6. The Morgan fingerprint density at radius 1 is 1.32 bits per heavy atom. The Morgan fingerprint density at radius 2 is 2.11 bits per heavy atom. The van der Waals surface area contributed by atoms with Crippen LogP contribution in [-0.2, 0) is 0 Å². The summed E-state index contributed by atoms with van der Waals surface area (Å²) in [5.74, 6) is -0.120. The standard InChI is InChI=1S/C19H21FN4O3S/c1-21-9-5-6-23(8-9)15-12(20)7-11-14(17(15)27-2)24(10-3-4-10)19-13(16(11)25)18(26)22-28-19/h7,9-10,21H,3-6,8H2,1-2H3,(H,22,26)/t9-/m0/s1. The summed E-state index contributed by atoms with van der Waals surface area (Å²) in [4.78, 5) is 27.8. The Kier molecular flexibility index (Phi) is 3.99. The van der Waals surface area contributed by atoms with Gasteiger partial charge in [0, 0.05) is 25.2 Å². The number of aromatic amines is 1. The zero-order valence-electron chi connectivity index (χ0n) is 15.7. The van der Waals surface area contributed by atoms with Gasteiger partial charge in [0.1, 0.15) is 15.9 Å². The highest BCUT2D eigenvalue weighted by atomic mass is 32.1. The molecule has 1 aliphatic carbocycles. The van der Waals surface area contributed by atoms with E-state index in [0.29, 0.717) is 34.9 Å². The molecule has 1 atom stereocenters. The number of pyridine rings is 1. The lowest BCUT2D eigenvalue weighted by Crippen LogP contribution is -2.30. The van der Waals surface area contributed by atoms with Gasteiger partial charge in [0.05, 0.1) is 18.0 Å². The molecule has 2 N–H and O–H groups in total. The number of nitrogens with zero attached hydrogens (tertiary/aromatic N) is 2. The van der Waals surface area contributed by atoms with E-state index in [1.54, 1.807) is 0 Å². The summed E-state index contributed by atoms with van der Waals surface area (Å²) < 4.78 is 25.6. The van der Waals surface area contributed by atoms with Gasteiger partial charge in [-0.3, -0.25) is 14.0 Å². The van der Waals surface area contributed by atoms with Crippen LogP contribution < -0.4 is 25.9 Å². The molecule has 1 saturated carbocycles. The van der Waals surface area contributed by atoms with Gasteiger partial charge in [0.25, 0.3) is 5.56 Å². The summed E-state index contributed by atoms with van der Waals surface area (Å²) in [6, 6.07) is 1.74. The third-order valence-electron chi connectivity index (χ3n) is 5.82. The molecule has 0 spiro atoms. The van der Waals surface area contributed by atoms with Crippen molar-refractivity contribution in [2.75, 3.05) is 32.1 Å². The van der Waals surface area contributed by atoms with Gasteiger partial charge in [-0.2, -0.15) is 0 Å². The molecule has 0 radical (unpaired) electrons. The van der Waals surface area contributed by atoms with E-state index in [-0.39, 0.29) is 22.9 Å². The fraction of sp³-hybridized carbons (Fsp3) is 0.474. The van der Waals surface area contributed by atoms with Crippen LogP contribution in [0, 0.1) is 5.82 Å². The molecule has 2 aromatic heterocycles. The molecule has 28 heavy (non-hydrogen) atoms. The summed E-state index contributed by atoms with van der Waals surface area (Å²) in [5.41, 5.74) is 0.120. The second-order valence-corrected chi connectivity index (χ2v) is 8.30. The molecule has 2 fully saturated rings. The summed E-state index contributed by atoms with van der Waals surface area (Å²) in [5, 5.41) is 3.54. The molecule has 9 heteroatoms. The van der Waals surface area contributed by atoms with Crippen LogP contribution in [0.3, 0.4) is 0 Å². The fourth-order valence-electron chi connectivity index (χ4n) is 4.29. The van der Waals surface area contributed by atoms with Gasteiger partial charge in [-0.1, -0.05) is 0 Å². The monoisotopic (exact) mass is 404 g/mol. The first-order valence-electron chi connectivity index (χ1n) is 9.43. The lowest BCUT2D eigenvalue weighted by Gasteiger charge is -2.24. The van der Waals surface area contributed by atoms with Crippen LogP contribution in [-0.4, -0.2) is 42.2 Å². The highest BCUT2D eigenvalue weighted by Gasteiger charge is 2.34. The molecule has 1 aliphatic heterocycles. The van der Waals surface area contributed by atoms with Gasteiger partial charge in [0.15, 0.2) is 11.6 Å². The zero-order valence-corrected chi connectivity index (χ0v) is 16.5. The number of fused-ring (bicyclic) bond motifs is 2. The molecule has 0 bridgehead atoms. The molecule has 0 unspecified atom stereocenters. The van der Waals surface area contributed by atoms with Crippen molar-refractivity contribution in [1.29, 1.82) is 0 Å². The third-order valence-corrected chi connectivity index (χ3v) is 6.71. The lowest BCUT2D eigenvalue weighted by molar-refractivity contribution is 0.414. The van der Waals surface area contributed by atoms with Crippen molar-refractivity contribution >= 4 is 38.3 Å². The van der Waals surface area contributed by atoms with Crippen LogP contribution in [0.4, 0.5) is 10.1 Å². The summed E-state index contributed by atoms with van der Waals surface area (Å²) in [7, 11) is 3.41. The van der Waals surface area contributed by atoms with Crippen LogP contribution >= 0.6 is 11.5 Å². The molecule has 1 aromatic carbocycles. The Morgan fingerprint density at radius 3 is 2.75 bits per heavy atom. The molecule has 148 valence electrons. The maximum absolute atomic E-state index is 15.2. The summed E-state index contributed by atoms with van der Waals surface area (Å²) in [6.07, 6.45) is 2.83. The highest BCUT2D eigenvalue weighted by Crippen LogP contribution is 2.45. The fourth-order valence-corrected chi connectivity index (χ4v) is 5.20. The van der Waals surface area contributed by atoms with Crippen molar-refractivity contribution in [1.82, 2.24) is 14.3 Å². The van der Waals surface area contributed by atoms with E-state index in [1.165, 1.54) is 13.2 Å². The van der Waals surface area contributed by atoms with Crippen LogP contribution in [0.25, 0.3) is 21.1 Å². The third kappa shape index (κ3) is 2.42. The number of nitrogens with one attached hydrogen (secondary N) is 2. The number of halogens is 1. The van der Waals surface area contributed by atoms with E-state index in [0.717, 1.165) is 30.8 Å². The van der Waals surface area contributed by atoms with Crippen molar-refractivity contribution in [3.8, 4) is 5.75 Å². The number of rotatable bonds is 4. The van der Waals surface area contributed by atoms with Gasteiger partial charge in [0.2, 0.25) is 5.43 Å². The predicted molar refractivity (Wildman–Crippen MR) is 109 cm³/mol. The second-order valence-electron chi connectivity index (χ2n) is 7.50. The first-order valence-corrected chi connectivity index (χ1v) is 10.2. The van der Waals surface area contributed by atoms with Crippen LogP contribution in [0.1, 0.15) is 25.3 Å². The van der Waals surface area contributed by atoms with Gasteiger partial charge in [-0.15, -0.1) is 0 Å². The molecule has 3 aromatic rings. The average molecular weight is 404 g/mol. The van der Waals surface area contributed by atoms with Crippen molar-refractivity contribution in [2.45, 2.75) is 31.3 Å². The molecular weight excluding hydrogens is 383 g/mol. The SMILES string of the molecule is CN[C@H]1CCN(c2c(F)cc3c(=O)c4c(=O)[nH]sc4n(C4CC4)c3c2OC)C1. The van der Waals surface area contributed by atoms with Crippen molar-refractivity contribution in [3.05, 3.63) is 32.5 Å². The largest absolute Gasteiger partial charge is 0.492 e. The molecule has 3 heterocycles. The van der Waals surface area contributed by atoms with Gasteiger partial charge in [-0.25, -0.2) is 4.39 Å². The second kappa shape index (κ2) is 6.31. The quantitative estimate of drug-likeness (QED) is 0.697. The normalized spacial score (nSPS) is 19.8. The Balaban J connectivity index is 1.89. The van der Waals surface area contributed by atoms with Gasteiger partial charge < -0.3 is 19.5 Å². The minimum Gasteiger partial charge on any atom is -0.492 e. The Labute approximate surface area is 163 Å². The predicted octanol–water partition coefficient (Wildman–Crippen LogP) is 2.19. The highest BCUT2D eigenvalue weighted by molar-refractivity contribution is 7.12. The first kappa shape index (κ1) is 17.7. The number of hydrogen-bond donors (Lipinski definition) is 2. The van der Waals surface area contributed by atoms with Crippen molar-refractivity contribution < 1.29 is 9.13 Å². The first-order chi connectivity index (χ1) is 13.5. The minimum absolute atomic E-state index is 0.107. The van der Waals surface area contributed by atoms with Crippen LogP contribution in [0.2, 0.25) is 0 Å². The number of likely N-dealkylation sites (N-methyl/N-ethyl adjacent to an activating group) is 1. The van der Waals surface area contributed by atoms with Crippen molar-refractivity contribution in [3.63, 3.8) is 0 Å². The van der Waals surface area contributed by atoms with E-state index >= 15 is 4.39 Å². The molecular formula is C19H21FN4O3S.